The van der Waals surface area contributed by atoms with Crippen molar-refractivity contribution in [2.45, 2.75) is 64.2 Å². The number of hydrogen-bond acceptors (Lipinski definition) is 13. The predicted molar refractivity (Wildman–Crippen MR) is 130 cm³/mol. The molecule has 3 rings (SSSR count). The van der Waals surface area contributed by atoms with E-state index >= 15 is 0 Å². The molecule has 214 valence electrons. The molecule has 0 aromatic carbocycles. The number of hydrogen-bond donors (Lipinski definition) is 4. The molecule has 1 saturated heterocycles. The Morgan fingerprint density at radius 3 is 2.53 bits per heavy atom. The lowest BCUT2D eigenvalue weighted by Crippen LogP contribution is -2.40. The Morgan fingerprint density at radius 2 is 1.97 bits per heavy atom. The van der Waals surface area contributed by atoms with E-state index in [0.29, 0.717) is 0 Å². The molecule has 16 heteroatoms. The van der Waals surface area contributed by atoms with Crippen LogP contribution in [0.2, 0.25) is 0 Å². The number of rotatable bonds is 14. The van der Waals surface area contributed by atoms with Gasteiger partial charge < -0.3 is 30.2 Å². The normalized spacial score (nSPS) is 28.4. The van der Waals surface area contributed by atoms with E-state index in [1.54, 1.807) is 13.8 Å². The number of nitrogens with one attached hydrogen (secondary N) is 1. The Hall–Kier alpha value is -2.39. The van der Waals surface area contributed by atoms with E-state index < -0.39 is 74.6 Å². The van der Waals surface area contributed by atoms with E-state index in [0.717, 1.165) is 4.57 Å². The van der Waals surface area contributed by atoms with Gasteiger partial charge in [0.15, 0.2) is 12.4 Å². The lowest BCUT2D eigenvalue weighted by molar-refractivity contribution is -0.162. The van der Waals surface area contributed by atoms with Gasteiger partial charge >= 0.3 is 25.4 Å². The van der Waals surface area contributed by atoms with Crippen LogP contribution in [0.25, 0.3) is 0 Å². The van der Waals surface area contributed by atoms with Crippen molar-refractivity contribution in [3.63, 3.8) is 0 Å². The predicted octanol–water partition coefficient (Wildman–Crippen LogP) is -0.283. The quantitative estimate of drug-likeness (QED) is 0.170. The summed E-state index contributed by atoms with van der Waals surface area (Å²) in [6.45, 7) is 5.74. The maximum atomic E-state index is 13.6. The number of carbonyl (C=O) groups is 2. The zero-order valence-corrected chi connectivity index (χ0v) is 22.5. The second-order valence-corrected chi connectivity index (χ2v) is 11.1. The number of anilines is 1. The van der Waals surface area contributed by atoms with E-state index in [9.17, 15) is 29.2 Å². The second-order valence-electron chi connectivity index (χ2n) is 9.35. The monoisotopic (exact) mass is 562 g/mol. The largest absolute Gasteiger partial charge is 0.465 e. The van der Waals surface area contributed by atoms with E-state index in [1.165, 1.54) is 12.3 Å². The van der Waals surface area contributed by atoms with Gasteiger partial charge in [-0.1, -0.05) is 13.8 Å². The van der Waals surface area contributed by atoms with Crippen LogP contribution in [-0.2, 0) is 37.4 Å². The molecule has 1 aliphatic carbocycles. The van der Waals surface area contributed by atoms with Crippen molar-refractivity contribution in [1.82, 2.24) is 14.6 Å². The first-order valence-electron chi connectivity index (χ1n) is 12.3. The van der Waals surface area contributed by atoms with Crippen molar-refractivity contribution in [2.24, 2.45) is 11.8 Å². The molecule has 38 heavy (non-hydrogen) atoms. The van der Waals surface area contributed by atoms with Gasteiger partial charge in [0, 0.05) is 6.20 Å². The highest BCUT2D eigenvalue weighted by molar-refractivity contribution is 7.51. The van der Waals surface area contributed by atoms with Crippen LogP contribution >= 0.6 is 7.75 Å². The van der Waals surface area contributed by atoms with Crippen molar-refractivity contribution in [1.29, 1.82) is 0 Å². The molecule has 0 spiro atoms. The van der Waals surface area contributed by atoms with Gasteiger partial charge in [0.25, 0.3) is 0 Å². The van der Waals surface area contributed by atoms with Gasteiger partial charge in [-0.2, -0.15) is 4.98 Å². The van der Waals surface area contributed by atoms with Crippen LogP contribution in [0.3, 0.4) is 0 Å². The van der Waals surface area contributed by atoms with Gasteiger partial charge in [-0.25, -0.2) is 19.2 Å². The highest BCUT2D eigenvalue weighted by Gasteiger charge is 2.76. The second kappa shape index (κ2) is 12.2. The van der Waals surface area contributed by atoms with Crippen LogP contribution in [0.15, 0.2) is 17.1 Å². The standard InChI is InChI=1S/C22H35N4O11P/c1-5-33-16(27)11-36-38(32,25-13(9-12(3)4)20(29)34-6-2)35-10-14-18(28)17-19(22(17,31)37-14)26-8-7-15(23)24-21(26)30/h7-8,12-14,17-19,28,31H,5-6,9-11H2,1-4H3,(H,25,32)(H2,23,24,30). The maximum Gasteiger partial charge on any atom is 0.406 e. The minimum atomic E-state index is -4.38. The van der Waals surface area contributed by atoms with Crippen molar-refractivity contribution >= 4 is 25.5 Å². The number of nitrogens with zero attached hydrogens (tertiary/aromatic N) is 2. The highest BCUT2D eigenvalue weighted by atomic mass is 31.2. The summed E-state index contributed by atoms with van der Waals surface area (Å²) < 4.78 is 40.8. The highest BCUT2D eigenvalue weighted by Crippen LogP contribution is 2.62. The Balaban J connectivity index is 1.71. The third-order valence-corrected chi connectivity index (χ3v) is 7.62. The summed E-state index contributed by atoms with van der Waals surface area (Å²) in [6.07, 6.45) is -0.958. The first kappa shape index (κ1) is 30.2. The maximum absolute atomic E-state index is 13.6. The molecule has 5 N–H and O–H groups in total. The number of fused-ring (bicyclic) bond motifs is 1. The van der Waals surface area contributed by atoms with Crippen LogP contribution in [0, 0.1) is 11.8 Å². The fourth-order valence-corrected chi connectivity index (χ4v) is 5.79. The molecule has 0 amide bonds. The minimum Gasteiger partial charge on any atom is -0.465 e. The summed E-state index contributed by atoms with van der Waals surface area (Å²) in [5.74, 6) is -4.32. The molecule has 2 heterocycles. The molecule has 1 saturated carbocycles. The van der Waals surface area contributed by atoms with Gasteiger partial charge in [-0.15, -0.1) is 0 Å². The molecular formula is C22H35N4O11P. The molecule has 1 aromatic heterocycles. The number of esters is 2. The summed E-state index contributed by atoms with van der Waals surface area (Å²) in [5, 5.41) is 24.1. The van der Waals surface area contributed by atoms with E-state index in [-0.39, 0.29) is 31.4 Å². The van der Waals surface area contributed by atoms with Crippen LogP contribution in [0.1, 0.15) is 40.2 Å². The molecule has 7 unspecified atom stereocenters. The van der Waals surface area contributed by atoms with Gasteiger partial charge in [-0.05, 0) is 32.3 Å². The topological polar surface area (TPSA) is 211 Å². The first-order valence-corrected chi connectivity index (χ1v) is 13.8. The van der Waals surface area contributed by atoms with E-state index in [1.807, 2.05) is 13.8 Å². The number of nitrogens with two attached hydrogens (primary N) is 1. The summed E-state index contributed by atoms with van der Waals surface area (Å²) in [4.78, 5) is 40.1. The average molecular weight is 563 g/mol. The number of carbonyl (C=O) groups excluding carboxylic acids is 2. The van der Waals surface area contributed by atoms with E-state index in [4.69, 9.17) is 29.0 Å². The van der Waals surface area contributed by atoms with Crippen LogP contribution < -0.4 is 16.5 Å². The number of aliphatic hydroxyl groups is 2. The lowest BCUT2D eigenvalue weighted by atomic mass is 10.1. The third kappa shape index (κ3) is 6.78. The van der Waals surface area contributed by atoms with Crippen LogP contribution in [0.5, 0.6) is 0 Å². The van der Waals surface area contributed by atoms with Crippen molar-refractivity contribution in [3.8, 4) is 0 Å². The van der Waals surface area contributed by atoms with Gasteiger partial charge in [0.05, 0.1) is 31.8 Å². The number of aromatic nitrogens is 2. The van der Waals surface area contributed by atoms with Crippen molar-refractivity contribution in [3.05, 3.63) is 22.7 Å². The fourth-order valence-electron chi connectivity index (χ4n) is 4.36. The molecule has 0 bridgehead atoms. The molecule has 0 radical (unpaired) electrons. The summed E-state index contributed by atoms with van der Waals surface area (Å²) in [7, 11) is -4.38. The summed E-state index contributed by atoms with van der Waals surface area (Å²) in [5.41, 5.74) is 4.77. The van der Waals surface area contributed by atoms with Crippen molar-refractivity contribution in [2.75, 3.05) is 32.2 Å². The van der Waals surface area contributed by atoms with Gasteiger partial charge in [0.1, 0.15) is 24.0 Å². The number of ether oxygens (including phenoxy) is 3. The summed E-state index contributed by atoms with van der Waals surface area (Å²) in [6, 6.07) is -0.644. The Labute approximate surface area is 219 Å². The molecule has 15 nitrogen and oxygen atoms in total. The fraction of sp³-hybridized carbons (Fsp3) is 0.727. The summed E-state index contributed by atoms with van der Waals surface area (Å²) >= 11 is 0. The van der Waals surface area contributed by atoms with Crippen LogP contribution in [-0.4, -0.2) is 82.2 Å². The van der Waals surface area contributed by atoms with Crippen molar-refractivity contribution < 1.29 is 47.6 Å². The smallest absolute Gasteiger partial charge is 0.406 e. The number of aliphatic hydroxyl groups excluding tert-OH is 1. The molecule has 1 aromatic rings. The minimum absolute atomic E-state index is 0.00135. The Kier molecular flexibility index (Phi) is 9.68. The average Bonchev–Trinajstić information content (AvgIpc) is 3.34. The molecule has 1 aliphatic heterocycles. The molecule has 7 atom stereocenters. The van der Waals surface area contributed by atoms with Gasteiger partial charge in [0.2, 0.25) is 0 Å². The van der Waals surface area contributed by atoms with Gasteiger partial charge in [-0.3, -0.25) is 18.4 Å². The first-order chi connectivity index (χ1) is 17.8. The molecular weight excluding hydrogens is 527 g/mol. The van der Waals surface area contributed by atoms with Crippen LogP contribution in [0.4, 0.5) is 5.82 Å². The lowest BCUT2D eigenvalue weighted by Gasteiger charge is -2.27. The zero-order valence-electron chi connectivity index (χ0n) is 21.6. The van der Waals surface area contributed by atoms with E-state index in [2.05, 4.69) is 10.1 Å². The molecule has 2 fully saturated rings. The number of nitrogen functional groups attached to an aromatic ring is 1. The third-order valence-electron chi connectivity index (χ3n) is 6.03. The zero-order chi connectivity index (χ0) is 28.3. The Morgan fingerprint density at radius 1 is 1.29 bits per heavy atom. The SMILES string of the molecule is CCOC(=O)COP(=O)(NC(CC(C)C)C(=O)OCC)OCC1OC2(O)C(C1O)C2n1ccc(N)nc1=O. The molecule has 2 aliphatic rings. The Bertz CT molecular complexity index is 1120.